The number of alkyl carbamates (subject to hydrolysis) is 1. The Kier molecular flexibility index (Phi) is 4.99. The third-order valence-corrected chi connectivity index (χ3v) is 3.37. The number of aliphatic hydroxyl groups excluding tert-OH is 2. The SMILES string of the molecule is CC(C)(C)OC(=O)N[C@H](CO)CC1(CO)CCC1. The molecule has 0 aromatic rings. The van der Waals surface area contributed by atoms with Crippen molar-refractivity contribution in [3.8, 4) is 0 Å². The molecule has 0 spiro atoms. The van der Waals surface area contributed by atoms with Crippen LogP contribution in [0.3, 0.4) is 0 Å². The third-order valence-electron chi connectivity index (χ3n) is 3.37. The number of ether oxygens (including phenoxy) is 1. The summed E-state index contributed by atoms with van der Waals surface area (Å²) in [6.07, 6.45) is 3.09. The molecule has 1 fully saturated rings. The van der Waals surface area contributed by atoms with Crippen LogP contribution in [0, 0.1) is 5.41 Å². The lowest BCUT2D eigenvalue weighted by Crippen LogP contribution is -2.46. The summed E-state index contributed by atoms with van der Waals surface area (Å²) in [6.45, 7) is 5.35. The number of hydrogen-bond acceptors (Lipinski definition) is 4. The maximum absolute atomic E-state index is 11.6. The van der Waals surface area contributed by atoms with Crippen LogP contribution in [0.4, 0.5) is 4.79 Å². The van der Waals surface area contributed by atoms with Gasteiger partial charge in [0.25, 0.3) is 0 Å². The van der Waals surface area contributed by atoms with Crippen LogP contribution >= 0.6 is 0 Å². The maximum atomic E-state index is 11.6. The van der Waals surface area contributed by atoms with Crippen molar-refractivity contribution in [3.05, 3.63) is 0 Å². The zero-order valence-electron chi connectivity index (χ0n) is 11.5. The molecule has 1 aliphatic rings. The highest BCUT2D eigenvalue weighted by Gasteiger charge is 2.38. The van der Waals surface area contributed by atoms with E-state index in [2.05, 4.69) is 5.32 Å². The summed E-state index contributed by atoms with van der Waals surface area (Å²) in [5.74, 6) is 0. The van der Waals surface area contributed by atoms with Crippen molar-refractivity contribution in [2.45, 2.75) is 58.1 Å². The Bertz CT molecular complexity index is 276. The zero-order chi connectivity index (χ0) is 13.8. The summed E-state index contributed by atoms with van der Waals surface area (Å²) in [5.41, 5.74) is -0.669. The summed E-state index contributed by atoms with van der Waals surface area (Å²) in [4.78, 5) is 11.6. The molecule has 0 radical (unpaired) electrons. The van der Waals surface area contributed by atoms with E-state index in [9.17, 15) is 15.0 Å². The summed E-state index contributed by atoms with van der Waals surface area (Å²) in [5, 5.41) is 21.3. The normalized spacial score (nSPS) is 19.8. The van der Waals surface area contributed by atoms with E-state index in [-0.39, 0.29) is 24.7 Å². The first-order chi connectivity index (χ1) is 8.30. The van der Waals surface area contributed by atoms with Gasteiger partial charge in [0, 0.05) is 6.61 Å². The molecule has 1 aliphatic carbocycles. The Balaban J connectivity index is 2.44. The molecule has 1 atom stereocenters. The van der Waals surface area contributed by atoms with Gasteiger partial charge in [0.2, 0.25) is 0 Å². The van der Waals surface area contributed by atoms with Crippen LogP contribution < -0.4 is 5.32 Å². The number of amides is 1. The van der Waals surface area contributed by atoms with Crippen molar-refractivity contribution < 1.29 is 19.7 Å². The standard InChI is InChI=1S/C13H25NO4/c1-12(2,3)18-11(17)14-10(8-15)7-13(9-16)5-4-6-13/h10,15-16H,4-9H2,1-3H3,(H,14,17)/t10-/m0/s1. The molecular formula is C13H25NO4. The van der Waals surface area contributed by atoms with Gasteiger partial charge < -0.3 is 20.3 Å². The second-order valence-corrected chi connectivity index (χ2v) is 6.24. The molecule has 0 aromatic heterocycles. The molecule has 0 bridgehead atoms. The molecule has 5 heteroatoms. The van der Waals surface area contributed by atoms with Gasteiger partial charge in [0.05, 0.1) is 12.6 Å². The van der Waals surface area contributed by atoms with E-state index < -0.39 is 11.7 Å². The van der Waals surface area contributed by atoms with E-state index >= 15 is 0 Å². The number of hydrogen-bond donors (Lipinski definition) is 3. The molecule has 5 nitrogen and oxygen atoms in total. The van der Waals surface area contributed by atoms with Crippen molar-refractivity contribution in [1.82, 2.24) is 5.32 Å². The fourth-order valence-corrected chi connectivity index (χ4v) is 2.26. The summed E-state index contributed by atoms with van der Waals surface area (Å²) < 4.78 is 5.15. The largest absolute Gasteiger partial charge is 0.444 e. The van der Waals surface area contributed by atoms with E-state index in [4.69, 9.17) is 4.74 Å². The zero-order valence-corrected chi connectivity index (χ0v) is 11.5. The van der Waals surface area contributed by atoms with Gasteiger partial charge in [-0.3, -0.25) is 0 Å². The molecular weight excluding hydrogens is 234 g/mol. The average Bonchev–Trinajstić information content (AvgIpc) is 2.19. The Labute approximate surface area is 109 Å². The van der Waals surface area contributed by atoms with Crippen molar-refractivity contribution in [1.29, 1.82) is 0 Å². The van der Waals surface area contributed by atoms with Gasteiger partial charge in [-0.1, -0.05) is 6.42 Å². The summed E-state index contributed by atoms with van der Waals surface area (Å²) in [7, 11) is 0. The fraction of sp³-hybridized carbons (Fsp3) is 0.923. The van der Waals surface area contributed by atoms with Crippen LogP contribution in [0.25, 0.3) is 0 Å². The van der Waals surface area contributed by atoms with Gasteiger partial charge in [-0.2, -0.15) is 0 Å². The lowest BCUT2D eigenvalue weighted by molar-refractivity contribution is 0.0126. The molecule has 3 N–H and O–H groups in total. The van der Waals surface area contributed by atoms with Crippen molar-refractivity contribution in [3.63, 3.8) is 0 Å². The lowest BCUT2D eigenvalue weighted by Gasteiger charge is -2.42. The molecule has 1 rings (SSSR count). The number of rotatable bonds is 5. The molecule has 0 aromatic carbocycles. The van der Waals surface area contributed by atoms with Gasteiger partial charge in [-0.15, -0.1) is 0 Å². The second kappa shape index (κ2) is 5.89. The van der Waals surface area contributed by atoms with Gasteiger partial charge in [-0.05, 0) is 45.4 Å². The molecule has 0 aliphatic heterocycles. The highest BCUT2D eigenvalue weighted by atomic mass is 16.6. The molecule has 18 heavy (non-hydrogen) atoms. The van der Waals surface area contributed by atoms with Crippen molar-refractivity contribution >= 4 is 6.09 Å². The topological polar surface area (TPSA) is 78.8 Å². The van der Waals surface area contributed by atoms with Gasteiger partial charge in [0.1, 0.15) is 5.60 Å². The molecule has 0 saturated heterocycles. The molecule has 0 unspecified atom stereocenters. The van der Waals surface area contributed by atoms with E-state index in [1.54, 1.807) is 20.8 Å². The third kappa shape index (κ3) is 4.46. The average molecular weight is 259 g/mol. The second-order valence-electron chi connectivity index (χ2n) is 6.24. The first-order valence-electron chi connectivity index (χ1n) is 6.51. The van der Waals surface area contributed by atoms with Crippen molar-refractivity contribution in [2.24, 2.45) is 5.41 Å². The monoisotopic (exact) mass is 259 g/mol. The maximum Gasteiger partial charge on any atom is 0.407 e. The van der Waals surface area contributed by atoms with Crippen LogP contribution in [0.1, 0.15) is 46.5 Å². The minimum absolute atomic E-state index is 0.111. The van der Waals surface area contributed by atoms with E-state index in [0.29, 0.717) is 6.42 Å². The van der Waals surface area contributed by atoms with E-state index in [0.717, 1.165) is 19.3 Å². The minimum atomic E-state index is -0.546. The van der Waals surface area contributed by atoms with Crippen LogP contribution in [0.15, 0.2) is 0 Å². The lowest BCUT2D eigenvalue weighted by atomic mass is 9.66. The summed E-state index contributed by atoms with van der Waals surface area (Å²) >= 11 is 0. The Morgan fingerprint density at radius 3 is 2.33 bits per heavy atom. The number of carbonyl (C=O) groups is 1. The molecule has 1 saturated carbocycles. The predicted molar refractivity (Wildman–Crippen MR) is 68.2 cm³/mol. The predicted octanol–water partition coefficient (Wildman–Crippen LogP) is 1.42. The van der Waals surface area contributed by atoms with E-state index in [1.807, 2.05) is 0 Å². The highest BCUT2D eigenvalue weighted by Crippen LogP contribution is 2.44. The Hall–Kier alpha value is -0.810. The quantitative estimate of drug-likeness (QED) is 0.698. The highest BCUT2D eigenvalue weighted by molar-refractivity contribution is 5.68. The number of aliphatic hydroxyl groups is 2. The minimum Gasteiger partial charge on any atom is -0.444 e. The van der Waals surface area contributed by atoms with Crippen LogP contribution in [-0.4, -0.2) is 41.2 Å². The van der Waals surface area contributed by atoms with Crippen LogP contribution in [-0.2, 0) is 4.74 Å². The first-order valence-corrected chi connectivity index (χ1v) is 6.51. The van der Waals surface area contributed by atoms with Gasteiger partial charge in [0.15, 0.2) is 0 Å². The first kappa shape index (κ1) is 15.2. The summed E-state index contributed by atoms with van der Waals surface area (Å²) in [6, 6.07) is -0.354. The van der Waals surface area contributed by atoms with Crippen LogP contribution in [0.5, 0.6) is 0 Å². The van der Waals surface area contributed by atoms with Crippen molar-refractivity contribution in [2.75, 3.05) is 13.2 Å². The van der Waals surface area contributed by atoms with Crippen LogP contribution in [0.2, 0.25) is 0 Å². The number of carbonyl (C=O) groups excluding carboxylic acids is 1. The molecule has 0 heterocycles. The smallest absolute Gasteiger partial charge is 0.407 e. The molecule has 1 amide bonds. The van der Waals surface area contributed by atoms with Gasteiger partial charge >= 0.3 is 6.09 Å². The fourth-order valence-electron chi connectivity index (χ4n) is 2.26. The molecule has 106 valence electrons. The number of nitrogens with one attached hydrogen (secondary N) is 1. The Morgan fingerprint density at radius 1 is 1.39 bits per heavy atom. The van der Waals surface area contributed by atoms with E-state index in [1.165, 1.54) is 0 Å². The Morgan fingerprint density at radius 2 is 2.00 bits per heavy atom. The van der Waals surface area contributed by atoms with Gasteiger partial charge in [-0.25, -0.2) is 4.79 Å².